The molecule has 3 N–H and O–H groups in total. The van der Waals surface area contributed by atoms with Crippen LogP contribution in [0.25, 0.3) is 6.08 Å². The van der Waals surface area contributed by atoms with Crippen LogP contribution in [0.4, 0.5) is 0 Å². The number of aliphatic hydroxyl groups excluding tert-OH is 2. The first-order valence-electron chi connectivity index (χ1n) is 14.1. The van der Waals surface area contributed by atoms with Crippen LogP contribution in [0, 0.1) is 11.8 Å². The molecule has 2 saturated heterocycles. The predicted molar refractivity (Wildman–Crippen MR) is 148 cm³/mol. The molecule has 1 aromatic rings. The van der Waals surface area contributed by atoms with Gasteiger partial charge in [0.15, 0.2) is 5.60 Å². The van der Waals surface area contributed by atoms with E-state index >= 15 is 0 Å². The van der Waals surface area contributed by atoms with Gasteiger partial charge in [0.1, 0.15) is 24.4 Å². The SMILES string of the molecule is COC(C)(C)[C@]1(O)[C@H](O)[C@@H]2O[C@]1(CC[C@H](C)C(OC1=CCOCC1)C(C)CC=Cc1ccccc1)OC[C@@H]2O. The fourth-order valence-corrected chi connectivity index (χ4v) is 6.16. The minimum Gasteiger partial charge on any atom is -0.494 e. The molecule has 0 aliphatic carbocycles. The molecule has 2 unspecified atom stereocenters. The number of methoxy groups -OCH3 is 1. The number of rotatable bonds is 12. The Bertz CT molecular complexity index is 994. The summed E-state index contributed by atoms with van der Waals surface area (Å²) in [4.78, 5) is 0. The van der Waals surface area contributed by atoms with Crippen molar-refractivity contribution in [3.63, 3.8) is 0 Å². The average Bonchev–Trinajstić information content (AvgIpc) is 3.14. The first-order valence-corrected chi connectivity index (χ1v) is 14.1. The quantitative estimate of drug-likeness (QED) is 0.363. The lowest BCUT2D eigenvalue weighted by Crippen LogP contribution is -2.69. The Labute approximate surface area is 232 Å². The van der Waals surface area contributed by atoms with Crippen molar-refractivity contribution in [2.45, 2.75) is 94.8 Å². The number of ether oxygens (including phenoxy) is 5. The summed E-state index contributed by atoms with van der Waals surface area (Å²) >= 11 is 0. The van der Waals surface area contributed by atoms with Crippen LogP contribution in [0.15, 0.2) is 48.2 Å². The summed E-state index contributed by atoms with van der Waals surface area (Å²) in [5, 5.41) is 33.5. The summed E-state index contributed by atoms with van der Waals surface area (Å²) in [5.41, 5.74) is -1.93. The molecule has 8 heteroatoms. The molecule has 0 radical (unpaired) electrons. The minimum absolute atomic E-state index is 0.0360. The number of benzene rings is 1. The summed E-state index contributed by atoms with van der Waals surface area (Å²) < 4.78 is 29.9. The van der Waals surface area contributed by atoms with Crippen molar-refractivity contribution >= 4 is 6.08 Å². The van der Waals surface area contributed by atoms with E-state index in [4.69, 9.17) is 23.7 Å². The largest absolute Gasteiger partial charge is 0.494 e. The highest BCUT2D eigenvalue weighted by Gasteiger charge is 2.75. The maximum Gasteiger partial charge on any atom is 0.203 e. The zero-order chi connectivity index (χ0) is 28.3. The van der Waals surface area contributed by atoms with Gasteiger partial charge in [-0.25, -0.2) is 0 Å². The highest BCUT2D eigenvalue weighted by atomic mass is 16.8. The number of hydrogen-bond donors (Lipinski definition) is 3. The second-order valence-corrected chi connectivity index (χ2v) is 11.8. The molecule has 4 rings (SSSR count). The van der Waals surface area contributed by atoms with Gasteiger partial charge in [0.2, 0.25) is 5.79 Å². The Balaban J connectivity index is 1.52. The van der Waals surface area contributed by atoms with Crippen molar-refractivity contribution in [1.82, 2.24) is 0 Å². The number of allylic oxidation sites excluding steroid dienone is 1. The summed E-state index contributed by atoms with van der Waals surface area (Å²) in [6.07, 6.45) is 5.30. The highest BCUT2D eigenvalue weighted by Crippen LogP contribution is 2.54. The normalized spacial score (nSPS) is 33.5. The molecule has 3 aliphatic rings. The average molecular weight is 547 g/mol. The standard InChI is InChI=1S/C31H46O8/c1-21(10-9-13-23-11-7-6-8-12-23)26(38-24-15-18-36-19-16-24)22(2)14-17-30-31(34,29(3,4)35-5)28(33)27(39-30)25(32)20-37-30/h6-9,11-13,15,21-22,25-28,32-34H,10,14,16-20H2,1-5H3/t21?,22-,25-,26?,27+,28+,30-,31+/m0/s1. The highest BCUT2D eigenvalue weighted by molar-refractivity contribution is 5.48. The third-order valence-electron chi connectivity index (χ3n) is 8.82. The van der Waals surface area contributed by atoms with E-state index in [0.29, 0.717) is 26.1 Å². The molecule has 0 amide bonds. The molecule has 3 aliphatic heterocycles. The van der Waals surface area contributed by atoms with E-state index in [1.54, 1.807) is 13.8 Å². The lowest BCUT2D eigenvalue weighted by molar-refractivity contribution is -0.358. The molecule has 0 saturated carbocycles. The summed E-state index contributed by atoms with van der Waals surface area (Å²) in [5.74, 6) is -0.319. The number of fused-ring (bicyclic) bond motifs is 2. The fraction of sp³-hybridized carbons (Fsp3) is 0.677. The topological polar surface area (TPSA) is 107 Å². The van der Waals surface area contributed by atoms with E-state index in [2.05, 4.69) is 38.1 Å². The van der Waals surface area contributed by atoms with Gasteiger partial charge in [-0.2, -0.15) is 0 Å². The monoisotopic (exact) mass is 546 g/mol. The Hall–Kier alpha value is -1.78. The molecule has 2 fully saturated rings. The van der Waals surface area contributed by atoms with Crippen molar-refractivity contribution in [1.29, 1.82) is 0 Å². The summed E-state index contributed by atoms with van der Waals surface area (Å²) in [6, 6.07) is 10.2. The van der Waals surface area contributed by atoms with Gasteiger partial charge in [-0.15, -0.1) is 0 Å². The van der Waals surface area contributed by atoms with Crippen LogP contribution in [-0.2, 0) is 23.7 Å². The van der Waals surface area contributed by atoms with Gasteiger partial charge in [-0.05, 0) is 50.2 Å². The summed E-state index contributed by atoms with van der Waals surface area (Å²) in [6.45, 7) is 8.88. The number of hydrogen-bond acceptors (Lipinski definition) is 8. The Morgan fingerprint density at radius 3 is 2.56 bits per heavy atom. The lowest BCUT2D eigenvalue weighted by Gasteiger charge is -2.49. The Morgan fingerprint density at radius 2 is 1.90 bits per heavy atom. The molecular formula is C31H46O8. The zero-order valence-corrected chi connectivity index (χ0v) is 23.9. The Kier molecular flexibility index (Phi) is 9.59. The van der Waals surface area contributed by atoms with Gasteiger partial charge in [0, 0.05) is 20.0 Å². The van der Waals surface area contributed by atoms with Crippen molar-refractivity contribution in [2.24, 2.45) is 11.8 Å². The molecule has 0 spiro atoms. The second kappa shape index (κ2) is 12.4. The first kappa shape index (κ1) is 30.2. The van der Waals surface area contributed by atoms with Crippen LogP contribution in [0.2, 0.25) is 0 Å². The van der Waals surface area contributed by atoms with Crippen molar-refractivity contribution < 1.29 is 39.0 Å². The van der Waals surface area contributed by atoms with E-state index < -0.39 is 35.3 Å². The molecule has 0 aromatic heterocycles. The fourth-order valence-electron chi connectivity index (χ4n) is 6.16. The summed E-state index contributed by atoms with van der Waals surface area (Å²) in [7, 11) is 1.48. The van der Waals surface area contributed by atoms with E-state index in [9.17, 15) is 15.3 Å². The van der Waals surface area contributed by atoms with E-state index in [0.717, 1.165) is 24.2 Å². The van der Waals surface area contributed by atoms with Gasteiger partial charge in [0.25, 0.3) is 0 Å². The molecule has 3 heterocycles. The van der Waals surface area contributed by atoms with Crippen LogP contribution in [0.5, 0.6) is 0 Å². The number of aliphatic hydroxyl groups is 3. The molecule has 1 aromatic carbocycles. The maximum atomic E-state index is 12.0. The van der Waals surface area contributed by atoms with Gasteiger partial charge in [-0.1, -0.05) is 56.3 Å². The smallest absolute Gasteiger partial charge is 0.203 e. The van der Waals surface area contributed by atoms with Crippen LogP contribution in [0.1, 0.15) is 58.9 Å². The molecule has 8 atom stereocenters. The predicted octanol–water partition coefficient (Wildman–Crippen LogP) is 3.83. The van der Waals surface area contributed by atoms with Gasteiger partial charge >= 0.3 is 0 Å². The van der Waals surface area contributed by atoms with Crippen molar-refractivity contribution in [3.05, 3.63) is 53.8 Å². The minimum atomic E-state index is -1.89. The molecule has 218 valence electrons. The first-order chi connectivity index (χ1) is 18.5. The van der Waals surface area contributed by atoms with Crippen LogP contribution in [-0.4, -0.2) is 83.7 Å². The van der Waals surface area contributed by atoms with Gasteiger partial charge in [-0.3, -0.25) is 0 Å². The molecule has 39 heavy (non-hydrogen) atoms. The van der Waals surface area contributed by atoms with Crippen LogP contribution < -0.4 is 0 Å². The Morgan fingerprint density at radius 1 is 1.15 bits per heavy atom. The van der Waals surface area contributed by atoms with E-state index in [1.165, 1.54) is 7.11 Å². The zero-order valence-electron chi connectivity index (χ0n) is 23.9. The van der Waals surface area contributed by atoms with E-state index in [-0.39, 0.29) is 24.5 Å². The van der Waals surface area contributed by atoms with Gasteiger partial charge < -0.3 is 39.0 Å². The maximum absolute atomic E-state index is 12.0. The third-order valence-corrected chi connectivity index (χ3v) is 8.82. The van der Waals surface area contributed by atoms with Crippen LogP contribution >= 0.6 is 0 Å². The van der Waals surface area contributed by atoms with Gasteiger partial charge in [0.05, 0.1) is 31.2 Å². The van der Waals surface area contributed by atoms with E-state index in [1.807, 2.05) is 24.3 Å². The van der Waals surface area contributed by atoms with Crippen molar-refractivity contribution in [3.8, 4) is 0 Å². The molecular weight excluding hydrogens is 500 g/mol. The molecule has 2 bridgehead atoms. The third kappa shape index (κ3) is 5.98. The second-order valence-electron chi connectivity index (χ2n) is 11.8. The van der Waals surface area contributed by atoms with Crippen LogP contribution in [0.3, 0.4) is 0 Å². The lowest BCUT2D eigenvalue weighted by atomic mass is 9.72. The molecule has 8 nitrogen and oxygen atoms in total. The van der Waals surface area contributed by atoms with Crippen molar-refractivity contribution in [2.75, 3.05) is 26.9 Å².